The average Bonchev–Trinajstić information content (AvgIpc) is 2.70. The summed E-state index contributed by atoms with van der Waals surface area (Å²) in [6, 6.07) is 4.06. The van der Waals surface area contributed by atoms with E-state index < -0.39 is 0 Å². The minimum atomic E-state index is 1.01. The van der Waals surface area contributed by atoms with Crippen LogP contribution in [-0.4, -0.2) is 4.98 Å². The lowest BCUT2D eigenvalue weighted by molar-refractivity contribution is 1.22. The molecule has 0 saturated heterocycles. The van der Waals surface area contributed by atoms with E-state index >= 15 is 0 Å². The first-order chi connectivity index (χ1) is 8.47. The van der Waals surface area contributed by atoms with E-state index in [1.807, 2.05) is 59.9 Å². The van der Waals surface area contributed by atoms with Gasteiger partial charge >= 0.3 is 0 Å². The monoisotopic (exact) mass is 233 g/mol. The minimum Gasteiger partial charge on any atom is -0.256 e. The Hall–Kier alpha value is -1.37. The average molecular weight is 233 g/mol. The normalized spacial score (nSPS) is 10.2. The van der Waals surface area contributed by atoms with Gasteiger partial charge in [-0.1, -0.05) is 65.8 Å². The van der Waals surface area contributed by atoms with Crippen LogP contribution in [0, 0.1) is 0 Å². The van der Waals surface area contributed by atoms with Gasteiger partial charge in [-0.2, -0.15) is 0 Å². The molecule has 96 valence electrons. The Labute approximate surface area is 107 Å². The van der Waals surface area contributed by atoms with Crippen LogP contribution in [0.3, 0.4) is 0 Å². The van der Waals surface area contributed by atoms with Gasteiger partial charge < -0.3 is 0 Å². The molecule has 1 heterocycles. The fraction of sp³-hybridized carbons (Fsp3) is 0.438. The molecule has 0 amide bonds. The number of pyridine rings is 1. The first-order valence-corrected chi connectivity index (χ1v) is 6.75. The third-order valence-electron chi connectivity index (χ3n) is 1.74. The molecule has 0 fully saturated rings. The molecule has 0 atom stereocenters. The maximum atomic E-state index is 4.24. The van der Waals surface area contributed by atoms with Crippen LogP contribution in [0.1, 0.15) is 48.0 Å². The summed E-state index contributed by atoms with van der Waals surface area (Å²) in [4.78, 5) is 4.24. The summed E-state index contributed by atoms with van der Waals surface area (Å²) >= 11 is 0. The van der Waals surface area contributed by atoms with Crippen LogP contribution < -0.4 is 10.6 Å². The van der Waals surface area contributed by atoms with Gasteiger partial charge in [0.2, 0.25) is 0 Å². The van der Waals surface area contributed by atoms with Gasteiger partial charge in [0.1, 0.15) is 0 Å². The van der Waals surface area contributed by atoms with Gasteiger partial charge in [0.15, 0.2) is 0 Å². The van der Waals surface area contributed by atoms with Crippen LogP contribution >= 0.6 is 0 Å². The van der Waals surface area contributed by atoms with Crippen molar-refractivity contribution in [1.82, 2.24) is 4.98 Å². The van der Waals surface area contributed by atoms with Crippen molar-refractivity contribution >= 4 is 12.2 Å². The smallest absolute Gasteiger partial charge is 0.0698 e. The quantitative estimate of drug-likeness (QED) is 0.666. The fourth-order valence-corrected chi connectivity index (χ4v) is 1.17. The van der Waals surface area contributed by atoms with E-state index in [4.69, 9.17) is 0 Å². The summed E-state index contributed by atoms with van der Waals surface area (Å²) in [6.07, 6.45) is 11.2. The second-order valence-corrected chi connectivity index (χ2v) is 2.51. The summed E-state index contributed by atoms with van der Waals surface area (Å²) in [5.74, 6) is 0. The number of aromatic nitrogens is 1. The third-order valence-corrected chi connectivity index (χ3v) is 1.74. The predicted molar refractivity (Wildman–Crippen MR) is 80.2 cm³/mol. The Kier molecular flexibility index (Phi) is 15.5. The summed E-state index contributed by atoms with van der Waals surface area (Å²) in [5.41, 5.74) is 0. The zero-order valence-electron chi connectivity index (χ0n) is 12.2. The molecule has 0 bridgehead atoms. The summed E-state index contributed by atoms with van der Waals surface area (Å²) in [6.45, 7) is 12.0. The highest BCUT2D eigenvalue weighted by Gasteiger charge is 1.85. The molecule has 1 aliphatic carbocycles. The number of hydrogen-bond donors (Lipinski definition) is 0. The molecular weight excluding hydrogens is 206 g/mol. The van der Waals surface area contributed by atoms with Crippen LogP contribution in [0.5, 0.6) is 0 Å². The lowest BCUT2D eigenvalue weighted by Crippen LogP contribution is -2.26. The minimum absolute atomic E-state index is 1.01. The topological polar surface area (TPSA) is 12.9 Å². The molecule has 17 heavy (non-hydrogen) atoms. The molecule has 0 aliphatic heterocycles. The zero-order valence-corrected chi connectivity index (χ0v) is 12.2. The van der Waals surface area contributed by atoms with Crippen molar-refractivity contribution in [2.24, 2.45) is 0 Å². The van der Waals surface area contributed by atoms with Crippen molar-refractivity contribution in [3.63, 3.8) is 0 Å². The molecule has 0 unspecified atom stereocenters. The van der Waals surface area contributed by atoms with Crippen molar-refractivity contribution < 1.29 is 0 Å². The lowest BCUT2D eigenvalue weighted by Gasteiger charge is -1.84. The van der Waals surface area contributed by atoms with E-state index in [-0.39, 0.29) is 0 Å². The molecule has 0 spiro atoms. The van der Waals surface area contributed by atoms with Crippen LogP contribution in [0.15, 0.2) is 30.5 Å². The van der Waals surface area contributed by atoms with Gasteiger partial charge in [0, 0.05) is 6.20 Å². The fourth-order valence-electron chi connectivity index (χ4n) is 1.17. The molecule has 0 N–H and O–H groups in total. The van der Waals surface area contributed by atoms with Crippen molar-refractivity contribution in [2.75, 3.05) is 0 Å². The van der Waals surface area contributed by atoms with E-state index in [9.17, 15) is 0 Å². The van der Waals surface area contributed by atoms with E-state index in [0.29, 0.717) is 0 Å². The molecule has 0 saturated carbocycles. The Morgan fingerprint density at radius 3 is 2.29 bits per heavy atom. The highest BCUT2D eigenvalue weighted by Crippen LogP contribution is 1.86. The number of nitrogens with zero attached hydrogens (tertiary/aromatic N) is 1. The molecule has 1 aliphatic rings. The van der Waals surface area contributed by atoms with Crippen molar-refractivity contribution in [3.8, 4) is 0 Å². The van der Waals surface area contributed by atoms with E-state index in [1.54, 1.807) is 0 Å². The second-order valence-electron chi connectivity index (χ2n) is 2.51. The molecule has 1 aromatic rings. The Bertz CT molecular complexity index is 388. The first kappa shape index (κ1) is 18.0. The van der Waals surface area contributed by atoms with Gasteiger partial charge in [-0.15, -0.1) is 0 Å². The van der Waals surface area contributed by atoms with Gasteiger partial charge in [-0.3, -0.25) is 4.98 Å². The van der Waals surface area contributed by atoms with Crippen molar-refractivity contribution in [3.05, 3.63) is 41.0 Å². The van der Waals surface area contributed by atoms with Crippen LogP contribution in [0.25, 0.3) is 12.2 Å². The molecule has 0 aromatic carbocycles. The van der Waals surface area contributed by atoms with Gasteiger partial charge in [-0.25, -0.2) is 0 Å². The van der Waals surface area contributed by atoms with Gasteiger partial charge in [0.25, 0.3) is 0 Å². The van der Waals surface area contributed by atoms with Crippen LogP contribution in [0.4, 0.5) is 0 Å². The Balaban J connectivity index is 0. The molecule has 1 aromatic heterocycles. The maximum Gasteiger partial charge on any atom is 0.0698 e. The second kappa shape index (κ2) is 14.6. The molecular formula is C16H27N. The first-order valence-electron chi connectivity index (χ1n) is 6.75. The largest absolute Gasteiger partial charge is 0.256 e. The number of rotatable bonds is 0. The van der Waals surface area contributed by atoms with Crippen LogP contribution in [-0.2, 0) is 0 Å². The highest BCUT2D eigenvalue weighted by molar-refractivity contribution is 5.41. The van der Waals surface area contributed by atoms with E-state index in [1.165, 1.54) is 5.22 Å². The Morgan fingerprint density at radius 2 is 1.65 bits per heavy atom. The number of allylic oxidation sites excluding steroid dienone is 2. The standard InChI is InChI=1S/C10H9N.3C2H6/c1-2-5-9-6-4-8-11-10(9)7-3-1;3*1-2/h1,3-8H,2H2;3*1-2H3. The van der Waals surface area contributed by atoms with E-state index in [0.717, 1.165) is 11.8 Å². The highest BCUT2D eigenvalue weighted by atomic mass is 14.6. The Morgan fingerprint density at radius 1 is 1.00 bits per heavy atom. The molecule has 2 rings (SSSR count). The van der Waals surface area contributed by atoms with E-state index in [2.05, 4.69) is 29.3 Å². The van der Waals surface area contributed by atoms with Gasteiger partial charge in [0.05, 0.1) is 5.35 Å². The predicted octanol–water partition coefficient (Wildman–Crippen LogP) is 3.68. The maximum absolute atomic E-state index is 4.24. The number of fused-ring (bicyclic) bond motifs is 1. The molecule has 0 radical (unpaired) electrons. The molecule has 1 nitrogen and oxygen atoms in total. The summed E-state index contributed by atoms with van der Waals surface area (Å²) in [7, 11) is 0. The zero-order chi connectivity index (χ0) is 13.5. The van der Waals surface area contributed by atoms with Crippen molar-refractivity contribution in [2.45, 2.75) is 48.0 Å². The molecule has 1 heteroatoms. The van der Waals surface area contributed by atoms with Gasteiger partial charge in [-0.05, 0) is 23.8 Å². The lowest BCUT2D eigenvalue weighted by atomic mass is 10.3. The number of hydrogen-bond acceptors (Lipinski definition) is 1. The third kappa shape index (κ3) is 7.51. The SMILES string of the molecule is C1=CCC=c2cccnc2=C1.CC.CC.CC. The van der Waals surface area contributed by atoms with Crippen molar-refractivity contribution in [1.29, 1.82) is 0 Å². The van der Waals surface area contributed by atoms with Crippen LogP contribution in [0.2, 0.25) is 0 Å². The summed E-state index contributed by atoms with van der Waals surface area (Å²) in [5, 5.41) is 2.30. The summed E-state index contributed by atoms with van der Waals surface area (Å²) < 4.78 is 0.